The third-order valence-corrected chi connectivity index (χ3v) is 4.04. The smallest absolute Gasteiger partial charge is 0.255 e. The van der Waals surface area contributed by atoms with Crippen LogP contribution in [0.5, 0.6) is 0 Å². The maximum absolute atomic E-state index is 12.7. The van der Waals surface area contributed by atoms with E-state index in [-0.39, 0.29) is 17.9 Å². The Kier molecular flexibility index (Phi) is 6.34. The summed E-state index contributed by atoms with van der Waals surface area (Å²) in [6, 6.07) is 12.9. The molecule has 0 bridgehead atoms. The molecule has 0 aromatic heterocycles. The van der Waals surface area contributed by atoms with E-state index in [1.165, 1.54) is 0 Å². The first-order valence-corrected chi connectivity index (χ1v) is 8.79. The van der Waals surface area contributed by atoms with Gasteiger partial charge < -0.3 is 10.6 Å². The Morgan fingerprint density at radius 2 is 1.40 bits per heavy atom. The Bertz CT molecular complexity index is 744. The minimum atomic E-state index is -0.199. The molecule has 0 radical (unpaired) electrons. The van der Waals surface area contributed by atoms with Gasteiger partial charge in [-0.2, -0.15) is 0 Å². The van der Waals surface area contributed by atoms with Crippen molar-refractivity contribution in [2.45, 2.75) is 46.6 Å². The number of hydrogen-bond acceptors (Lipinski definition) is 2. The maximum Gasteiger partial charge on any atom is 0.255 e. The fourth-order valence-electron chi connectivity index (χ4n) is 2.74. The van der Waals surface area contributed by atoms with E-state index in [0.29, 0.717) is 11.1 Å². The van der Waals surface area contributed by atoms with Crippen molar-refractivity contribution < 1.29 is 9.59 Å². The largest absolute Gasteiger partial charge is 0.350 e. The number of amides is 2. The fraction of sp³-hybridized carbons (Fsp3) is 0.333. The highest BCUT2D eigenvalue weighted by Gasteiger charge is 2.14. The van der Waals surface area contributed by atoms with Gasteiger partial charge in [0, 0.05) is 22.9 Å². The van der Waals surface area contributed by atoms with Gasteiger partial charge in [0.25, 0.3) is 11.8 Å². The van der Waals surface area contributed by atoms with Crippen molar-refractivity contribution >= 4 is 17.5 Å². The highest BCUT2D eigenvalue weighted by atomic mass is 16.2. The van der Waals surface area contributed by atoms with Crippen LogP contribution in [0, 0.1) is 0 Å². The number of para-hydroxylation sites is 1. The third-order valence-electron chi connectivity index (χ3n) is 4.04. The summed E-state index contributed by atoms with van der Waals surface area (Å²) >= 11 is 0. The van der Waals surface area contributed by atoms with E-state index in [1.54, 1.807) is 24.3 Å². The Morgan fingerprint density at radius 3 is 1.92 bits per heavy atom. The molecule has 0 saturated heterocycles. The van der Waals surface area contributed by atoms with Crippen LogP contribution in [0.1, 0.15) is 59.5 Å². The number of carbonyl (C=O) groups is 2. The van der Waals surface area contributed by atoms with Gasteiger partial charge in [0.2, 0.25) is 0 Å². The molecule has 0 fully saturated rings. The van der Waals surface area contributed by atoms with E-state index in [9.17, 15) is 9.59 Å². The molecule has 0 saturated carbocycles. The Labute approximate surface area is 149 Å². The molecule has 4 heteroatoms. The maximum atomic E-state index is 12.7. The first-order valence-electron chi connectivity index (χ1n) is 8.79. The molecule has 2 aromatic rings. The Morgan fingerprint density at radius 1 is 0.880 bits per heavy atom. The lowest BCUT2D eigenvalue weighted by Gasteiger charge is -2.15. The van der Waals surface area contributed by atoms with Crippen molar-refractivity contribution in [3.05, 3.63) is 64.7 Å². The fourth-order valence-corrected chi connectivity index (χ4v) is 2.74. The molecule has 2 aromatic carbocycles. The summed E-state index contributed by atoms with van der Waals surface area (Å²) in [6.07, 6.45) is 1.70. The second kappa shape index (κ2) is 8.47. The number of nitrogens with one attached hydrogen (secondary N) is 2. The molecule has 132 valence electrons. The van der Waals surface area contributed by atoms with Gasteiger partial charge in [0.05, 0.1) is 0 Å². The van der Waals surface area contributed by atoms with Gasteiger partial charge in [-0.05, 0) is 56.0 Å². The normalized spacial score (nSPS) is 10.6. The molecule has 0 aliphatic carbocycles. The monoisotopic (exact) mass is 338 g/mol. The van der Waals surface area contributed by atoms with Crippen molar-refractivity contribution in [1.82, 2.24) is 5.32 Å². The average molecular weight is 338 g/mol. The van der Waals surface area contributed by atoms with Gasteiger partial charge in [-0.15, -0.1) is 0 Å². The molecule has 2 rings (SSSR count). The predicted octanol–water partition coefficient (Wildman–Crippen LogP) is 4.20. The highest BCUT2D eigenvalue weighted by molar-refractivity contribution is 6.06. The van der Waals surface area contributed by atoms with Gasteiger partial charge in [-0.25, -0.2) is 0 Å². The van der Waals surface area contributed by atoms with Crippen molar-refractivity contribution in [1.29, 1.82) is 0 Å². The van der Waals surface area contributed by atoms with E-state index in [2.05, 4.69) is 24.5 Å². The van der Waals surface area contributed by atoms with Crippen LogP contribution in [-0.2, 0) is 12.8 Å². The second-order valence-electron chi connectivity index (χ2n) is 6.32. The number of anilines is 1. The zero-order valence-corrected chi connectivity index (χ0v) is 15.3. The summed E-state index contributed by atoms with van der Waals surface area (Å²) in [7, 11) is 0. The summed E-state index contributed by atoms with van der Waals surface area (Å²) in [5, 5.41) is 5.87. The zero-order chi connectivity index (χ0) is 18.4. The van der Waals surface area contributed by atoms with Crippen LogP contribution in [-0.4, -0.2) is 17.9 Å². The first-order chi connectivity index (χ1) is 12.0. The molecule has 0 aliphatic rings. The number of hydrogen-bond donors (Lipinski definition) is 2. The van der Waals surface area contributed by atoms with E-state index in [0.717, 1.165) is 29.7 Å². The van der Waals surface area contributed by atoms with E-state index in [1.807, 2.05) is 32.0 Å². The van der Waals surface area contributed by atoms with Crippen LogP contribution in [0.2, 0.25) is 0 Å². The topological polar surface area (TPSA) is 58.2 Å². The predicted molar refractivity (Wildman–Crippen MR) is 102 cm³/mol. The molecule has 0 atom stereocenters. The summed E-state index contributed by atoms with van der Waals surface area (Å²) in [6.45, 7) is 7.95. The third kappa shape index (κ3) is 4.69. The molecule has 4 nitrogen and oxygen atoms in total. The van der Waals surface area contributed by atoms with Crippen molar-refractivity contribution in [2.75, 3.05) is 5.32 Å². The van der Waals surface area contributed by atoms with Crippen LogP contribution in [0.15, 0.2) is 42.5 Å². The van der Waals surface area contributed by atoms with Crippen molar-refractivity contribution in [3.63, 3.8) is 0 Å². The van der Waals surface area contributed by atoms with Crippen LogP contribution in [0.25, 0.3) is 0 Å². The summed E-state index contributed by atoms with van der Waals surface area (Å²) in [5.74, 6) is -0.373. The van der Waals surface area contributed by atoms with Crippen molar-refractivity contribution in [3.8, 4) is 0 Å². The number of rotatable bonds is 6. The Balaban J connectivity index is 2.26. The average Bonchev–Trinajstić information content (AvgIpc) is 2.61. The first kappa shape index (κ1) is 18.7. The molecule has 0 heterocycles. The summed E-state index contributed by atoms with van der Waals surface area (Å²) in [5.41, 5.74) is 4.07. The second-order valence-corrected chi connectivity index (χ2v) is 6.32. The van der Waals surface area contributed by atoms with Gasteiger partial charge in [-0.1, -0.05) is 38.1 Å². The van der Waals surface area contributed by atoms with Gasteiger partial charge >= 0.3 is 0 Å². The highest BCUT2D eigenvalue weighted by Crippen LogP contribution is 2.23. The van der Waals surface area contributed by atoms with E-state index >= 15 is 0 Å². The minimum Gasteiger partial charge on any atom is -0.350 e. The van der Waals surface area contributed by atoms with Crippen LogP contribution in [0.3, 0.4) is 0 Å². The van der Waals surface area contributed by atoms with Gasteiger partial charge in [-0.3, -0.25) is 9.59 Å². The van der Waals surface area contributed by atoms with Crippen LogP contribution < -0.4 is 10.6 Å². The molecule has 25 heavy (non-hydrogen) atoms. The lowest BCUT2D eigenvalue weighted by molar-refractivity contribution is 0.0943. The van der Waals surface area contributed by atoms with Crippen LogP contribution in [0.4, 0.5) is 5.69 Å². The summed E-state index contributed by atoms with van der Waals surface area (Å²) < 4.78 is 0. The lowest BCUT2D eigenvalue weighted by atomic mass is 10.0. The SMILES string of the molecule is CCc1cccc(CC)c1NC(=O)c1cccc(C(=O)NC(C)C)c1. The van der Waals surface area contributed by atoms with Crippen LogP contribution >= 0.6 is 0 Å². The molecular weight excluding hydrogens is 312 g/mol. The lowest BCUT2D eigenvalue weighted by Crippen LogP contribution is -2.30. The number of carbonyl (C=O) groups excluding carboxylic acids is 2. The molecule has 0 spiro atoms. The Hall–Kier alpha value is -2.62. The number of aryl methyl sites for hydroxylation is 2. The quantitative estimate of drug-likeness (QED) is 0.829. The number of benzene rings is 2. The standard InChI is InChI=1S/C21H26N2O2/c1-5-15-9-7-10-16(6-2)19(15)23-21(25)18-12-8-11-17(13-18)20(24)22-14(3)4/h7-14H,5-6H2,1-4H3,(H,22,24)(H,23,25). The zero-order valence-electron chi connectivity index (χ0n) is 15.3. The van der Waals surface area contributed by atoms with E-state index < -0.39 is 0 Å². The molecule has 2 N–H and O–H groups in total. The minimum absolute atomic E-state index is 0.0496. The van der Waals surface area contributed by atoms with Gasteiger partial charge in [0.1, 0.15) is 0 Å². The van der Waals surface area contributed by atoms with Gasteiger partial charge in [0.15, 0.2) is 0 Å². The van der Waals surface area contributed by atoms with E-state index in [4.69, 9.17) is 0 Å². The molecule has 2 amide bonds. The molecular formula is C21H26N2O2. The molecule has 0 unspecified atom stereocenters. The molecule has 0 aliphatic heterocycles. The van der Waals surface area contributed by atoms with Crippen molar-refractivity contribution in [2.24, 2.45) is 0 Å². The summed E-state index contributed by atoms with van der Waals surface area (Å²) in [4.78, 5) is 24.9.